The zero-order valence-corrected chi connectivity index (χ0v) is 11.7. The SMILES string of the molecule is COc1c(I)ccc(Br)c1-c1ccco1. The van der Waals surface area contributed by atoms with E-state index in [1.54, 1.807) is 13.4 Å². The zero-order valence-electron chi connectivity index (χ0n) is 7.96. The summed E-state index contributed by atoms with van der Waals surface area (Å²) in [6, 6.07) is 7.76. The van der Waals surface area contributed by atoms with Crippen LogP contribution < -0.4 is 4.74 Å². The standard InChI is InChI=1S/C11H8BrIO2/c1-14-11-8(13)5-4-7(12)10(11)9-3-2-6-15-9/h2-6H,1H3. The minimum absolute atomic E-state index is 0.803. The molecule has 0 saturated heterocycles. The molecule has 0 amide bonds. The zero-order chi connectivity index (χ0) is 10.8. The number of halogens is 2. The summed E-state index contributed by atoms with van der Waals surface area (Å²) in [6.45, 7) is 0. The smallest absolute Gasteiger partial charge is 0.144 e. The third-order valence-electron chi connectivity index (χ3n) is 2.03. The van der Waals surface area contributed by atoms with Crippen molar-refractivity contribution in [2.24, 2.45) is 0 Å². The average molecular weight is 379 g/mol. The lowest BCUT2D eigenvalue weighted by Gasteiger charge is -2.10. The Labute approximate surface area is 110 Å². The van der Waals surface area contributed by atoms with Crippen LogP contribution in [-0.4, -0.2) is 7.11 Å². The molecule has 0 aliphatic heterocycles. The highest BCUT2D eigenvalue weighted by Gasteiger charge is 2.15. The van der Waals surface area contributed by atoms with Gasteiger partial charge in [0.05, 0.1) is 22.5 Å². The van der Waals surface area contributed by atoms with Gasteiger partial charge < -0.3 is 9.15 Å². The molecule has 2 rings (SSSR count). The molecule has 78 valence electrons. The lowest BCUT2D eigenvalue weighted by molar-refractivity contribution is 0.411. The van der Waals surface area contributed by atoms with Crippen LogP contribution in [0.2, 0.25) is 0 Å². The predicted molar refractivity (Wildman–Crippen MR) is 71.1 cm³/mol. The molecule has 2 nitrogen and oxygen atoms in total. The third kappa shape index (κ3) is 2.06. The van der Waals surface area contributed by atoms with Gasteiger partial charge in [0.2, 0.25) is 0 Å². The van der Waals surface area contributed by atoms with Gasteiger partial charge in [0, 0.05) is 4.47 Å². The van der Waals surface area contributed by atoms with E-state index in [4.69, 9.17) is 9.15 Å². The minimum atomic E-state index is 0.803. The Balaban J connectivity index is 2.68. The summed E-state index contributed by atoms with van der Waals surface area (Å²) in [7, 11) is 1.66. The van der Waals surface area contributed by atoms with Gasteiger partial charge in [-0.1, -0.05) is 0 Å². The second-order valence-corrected chi connectivity index (χ2v) is 4.93. The second kappa shape index (κ2) is 4.57. The quantitative estimate of drug-likeness (QED) is 0.726. The molecule has 1 heterocycles. The first-order chi connectivity index (χ1) is 7.24. The number of furan rings is 1. The molecule has 0 spiro atoms. The summed E-state index contributed by atoms with van der Waals surface area (Å²) in [5, 5.41) is 0. The fourth-order valence-electron chi connectivity index (χ4n) is 1.38. The molecule has 15 heavy (non-hydrogen) atoms. The molecule has 0 unspecified atom stereocenters. The van der Waals surface area contributed by atoms with Gasteiger partial charge in [-0.2, -0.15) is 0 Å². The fraction of sp³-hybridized carbons (Fsp3) is 0.0909. The first kappa shape index (κ1) is 11.0. The van der Waals surface area contributed by atoms with Gasteiger partial charge >= 0.3 is 0 Å². The summed E-state index contributed by atoms with van der Waals surface area (Å²) >= 11 is 5.74. The highest BCUT2D eigenvalue weighted by atomic mass is 127. The Bertz CT molecular complexity index is 466. The normalized spacial score (nSPS) is 10.3. The molecule has 0 aliphatic rings. The number of rotatable bonds is 2. The summed E-state index contributed by atoms with van der Waals surface area (Å²) in [6.07, 6.45) is 1.65. The highest BCUT2D eigenvalue weighted by molar-refractivity contribution is 14.1. The van der Waals surface area contributed by atoms with Crippen LogP contribution in [0.15, 0.2) is 39.4 Å². The van der Waals surface area contributed by atoms with E-state index in [-0.39, 0.29) is 0 Å². The Morgan fingerprint density at radius 1 is 1.33 bits per heavy atom. The van der Waals surface area contributed by atoms with Crippen molar-refractivity contribution < 1.29 is 9.15 Å². The van der Waals surface area contributed by atoms with E-state index in [0.29, 0.717) is 0 Å². The maximum absolute atomic E-state index is 5.38. The maximum Gasteiger partial charge on any atom is 0.144 e. The van der Waals surface area contributed by atoms with E-state index in [9.17, 15) is 0 Å². The molecule has 1 aromatic heterocycles. The molecule has 2 aromatic rings. The van der Waals surface area contributed by atoms with Crippen LogP contribution in [0.4, 0.5) is 0 Å². The molecule has 0 aliphatic carbocycles. The number of ether oxygens (including phenoxy) is 1. The van der Waals surface area contributed by atoms with Crippen molar-refractivity contribution in [1.29, 1.82) is 0 Å². The van der Waals surface area contributed by atoms with Crippen LogP contribution in [0.3, 0.4) is 0 Å². The van der Waals surface area contributed by atoms with E-state index < -0.39 is 0 Å². The van der Waals surface area contributed by atoms with Crippen LogP contribution in [-0.2, 0) is 0 Å². The number of methoxy groups -OCH3 is 1. The maximum atomic E-state index is 5.38. The molecular weight excluding hydrogens is 371 g/mol. The summed E-state index contributed by atoms with van der Waals surface area (Å²) < 4.78 is 12.8. The van der Waals surface area contributed by atoms with Gasteiger partial charge in [-0.3, -0.25) is 0 Å². The van der Waals surface area contributed by atoms with Crippen molar-refractivity contribution in [1.82, 2.24) is 0 Å². The van der Waals surface area contributed by atoms with E-state index in [1.165, 1.54) is 0 Å². The number of hydrogen-bond acceptors (Lipinski definition) is 2. The van der Waals surface area contributed by atoms with Crippen molar-refractivity contribution in [3.63, 3.8) is 0 Å². The van der Waals surface area contributed by atoms with Gasteiger partial charge in [0.25, 0.3) is 0 Å². The van der Waals surface area contributed by atoms with Crippen LogP contribution >= 0.6 is 38.5 Å². The Morgan fingerprint density at radius 2 is 2.13 bits per heavy atom. The van der Waals surface area contributed by atoms with Gasteiger partial charge in [0.15, 0.2) is 0 Å². The number of benzene rings is 1. The molecular formula is C11H8BrIO2. The van der Waals surface area contributed by atoms with Crippen LogP contribution in [0.5, 0.6) is 5.75 Å². The molecule has 0 bridgehead atoms. The fourth-order valence-corrected chi connectivity index (χ4v) is 2.56. The molecule has 0 radical (unpaired) electrons. The molecule has 0 N–H and O–H groups in total. The van der Waals surface area contributed by atoms with Crippen molar-refractivity contribution in [2.75, 3.05) is 7.11 Å². The molecule has 0 atom stereocenters. The van der Waals surface area contributed by atoms with Crippen LogP contribution in [0.1, 0.15) is 0 Å². The van der Waals surface area contributed by atoms with Crippen molar-refractivity contribution >= 4 is 38.5 Å². The van der Waals surface area contributed by atoms with Crippen LogP contribution in [0.25, 0.3) is 11.3 Å². The Hall–Kier alpha value is -0.490. The Morgan fingerprint density at radius 3 is 2.73 bits per heavy atom. The van der Waals surface area contributed by atoms with Gasteiger partial charge in [-0.25, -0.2) is 0 Å². The van der Waals surface area contributed by atoms with Gasteiger partial charge in [-0.05, 0) is 62.8 Å². The third-order valence-corrected chi connectivity index (χ3v) is 3.54. The average Bonchev–Trinajstić information content (AvgIpc) is 2.74. The van der Waals surface area contributed by atoms with E-state index in [0.717, 1.165) is 25.1 Å². The number of hydrogen-bond donors (Lipinski definition) is 0. The largest absolute Gasteiger partial charge is 0.495 e. The van der Waals surface area contributed by atoms with Crippen molar-refractivity contribution in [3.8, 4) is 17.1 Å². The monoisotopic (exact) mass is 378 g/mol. The van der Waals surface area contributed by atoms with Crippen molar-refractivity contribution in [3.05, 3.63) is 38.6 Å². The molecule has 0 fully saturated rings. The van der Waals surface area contributed by atoms with Crippen molar-refractivity contribution in [2.45, 2.75) is 0 Å². The molecule has 0 saturated carbocycles. The van der Waals surface area contributed by atoms with E-state index >= 15 is 0 Å². The molecule has 4 heteroatoms. The summed E-state index contributed by atoms with van der Waals surface area (Å²) in [5.41, 5.74) is 0.953. The van der Waals surface area contributed by atoms with Gasteiger partial charge in [-0.15, -0.1) is 0 Å². The molecule has 1 aromatic carbocycles. The minimum Gasteiger partial charge on any atom is -0.495 e. The summed E-state index contributed by atoms with van der Waals surface area (Å²) in [5.74, 6) is 1.64. The first-order valence-corrected chi connectivity index (χ1v) is 6.17. The lowest BCUT2D eigenvalue weighted by atomic mass is 10.1. The lowest BCUT2D eigenvalue weighted by Crippen LogP contribution is -1.91. The second-order valence-electron chi connectivity index (χ2n) is 2.91. The van der Waals surface area contributed by atoms with E-state index in [2.05, 4.69) is 38.5 Å². The van der Waals surface area contributed by atoms with E-state index in [1.807, 2.05) is 24.3 Å². The predicted octanol–water partition coefficient (Wildman–Crippen LogP) is 4.32. The Kier molecular flexibility index (Phi) is 3.35. The topological polar surface area (TPSA) is 22.4 Å². The van der Waals surface area contributed by atoms with Gasteiger partial charge in [0.1, 0.15) is 11.5 Å². The van der Waals surface area contributed by atoms with Crippen LogP contribution in [0, 0.1) is 3.57 Å². The first-order valence-electron chi connectivity index (χ1n) is 4.30. The highest BCUT2D eigenvalue weighted by Crippen LogP contribution is 2.39. The summed E-state index contributed by atoms with van der Waals surface area (Å²) in [4.78, 5) is 0.